The Hall–Kier alpha value is -2.78. The van der Waals surface area contributed by atoms with Crippen LogP contribution in [0.2, 0.25) is 5.02 Å². The van der Waals surface area contributed by atoms with Gasteiger partial charge in [0.2, 0.25) is 5.88 Å². The molecule has 0 unspecified atom stereocenters. The topological polar surface area (TPSA) is 52.8 Å². The second-order valence-electron chi connectivity index (χ2n) is 6.26. The summed E-state index contributed by atoms with van der Waals surface area (Å²) in [7, 11) is 1.54. The molecule has 0 N–H and O–H groups in total. The minimum atomic E-state index is -4.46. The molecule has 0 aliphatic rings. The van der Waals surface area contributed by atoms with Crippen LogP contribution >= 0.6 is 23.4 Å². The van der Waals surface area contributed by atoms with Crippen LogP contribution in [0.1, 0.15) is 11.3 Å². The number of pyridine rings is 2. The first-order valence-corrected chi connectivity index (χ1v) is 10.0. The van der Waals surface area contributed by atoms with E-state index in [2.05, 4.69) is 15.0 Å². The number of ether oxygens (including phenoxy) is 1. The lowest BCUT2D eigenvalue weighted by Crippen LogP contribution is -2.07. The second kappa shape index (κ2) is 8.16. The van der Waals surface area contributed by atoms with E-state index >= 15 is 0 Å². The van der Waals surface area contributed by atoms with E-state index in [1.165, 1.54) is 31.1 Å². The van der Waals surface area contributed by atoms with Crippen LogP contribution in [0, 0.1) is 0 Å². The average Bonchev–Trinajstić information content (AvgIpc) is 3.09. The molecule has 0 aliphatic heterocycles. The van der Waals surface area contributed by atoms with E-state index in [0.717, 1.165) is 22.8 Å². The molecule has 1 aromatic carbocycles. The molecule has 0 amide bonds. The van der Waals surface area contributed by atoms with Crippen molar-refractivity contribution in [2.45, 2.75) is 17.1 Å². The number of rotatable bonds is 5. The maximum Gasteiger partial charge on any atom is 0.433 e. The Morgan fingerprint density at radius 2 is 1.90 bits per heavy atom. The van der Waals surface area contributed by atoms with Crippen LogP contribution in [-0.2, 0) is 11.9 Å². The molecule has 0 atom stereocenters. The molecule has 5 nitrogen and oxygen atoms in total. The maximum absolute atomic E-state index is 12.7. The summed E-state index contributed by atoms with van der Waals surface area (Å²) in [5, 5.41) is 1.22. The molecule has 0 saturated carbocycles. The number of hydrogen-bond acceptors (Lipinski definition) is 5. The summed E-state index contributed by atoms with van der Waals surface area (Å²) in [4.78, 5) is 12.4. The number of nitrogens with zero attached hydrogens (tertiary/aromatic N) is 4. The second-order valence-corrected chi connectivity index (χ2v) is 7.64. The highest BCUT2D eigenvalue weighted by molar-refractivity contribution is 7.98. The highest BCUT2D eigenvalue weighted by atomic mass is 35.5. The largest absolute Gasteiger partial charge is 0.481 e. The molecule has 154 valence electrons. The van der Waals surface area contributed by atoms with Gasteiger partial charge in [-0.2, -0.15) is 13.2 Å². The molecule has 10 heteroatoms. The zero-order valence-corrected chi connectivity index (χ0v) is 17.1. The summed E-state index contributed by atoms with van der Waals surface area (Å²) in [6.45, 7) is 0. The Kier molecular flexibility index (Phi) is 5.57. The van der Waals surface area contributed by atoms with Gasteiger partial charge in [0.05, 0.1) is 30.0 Å². The van der Waals surface area contributed by atoms with Crippen molar-refractivity contribution in [3.05, 3.63) is 71.1 Å². The van der Waals surface area contributed by atoms with Crippen LogP contribution in [0.15, 0.2) is 60.0 Å². The fraction of sp³-hybridized carbons (Fsp3) is 0.150. The first-order valence-electron chi connectivity index (χ1n) is 8.68. The summed E-state index contributed by atoms with van der Waals surface area (Å²) in [6, 6.07) is 11.3. The maximum atomic E-state index is 12.7. The molecule has 30 heavy (non-hydrogen) atoms. The quantitative estimate of drug-likeness (QED) is 0.360. The van der Waals surface area contributed by atoms with Crippen molar-refractivity contribution in [3.8, 4) is 11.6 Å². The Morgan fingerprint density at radius 1 is 1.07 bits per heavy atom. The van der Waals surface area contributed by atoms with Gasteiger partial charge in [-0.05, 0) is 35.9 Å². The molecule has 0 radical (unpaired) electrons. The standard InChI is InChI=1S/C20H14ClF3N4OS/c1-29-18-7-4-14(10-26-18)28-16-8-13(21)3-5-15(16)27-19(28)30-11-12-2-6-17(25-9-12)20(22,23)24/h2-10H,11H2,1H3. The fourth-order valence-electron chi connectivity index (χ4n) is 2.82. The van der Waals surface area contributed by atoms with Crippen molar-refractivity contribution in [2.75, 3.05) is 7.11 Å². The van der Waals surface area contributed by atoms with Gasteiger partial charge in [-0.1, -0.05) is 29.4 Å². The van der Waals surface area contributed by atoms with E-state index in [1.54, 1.807) is 24.4 Å². The highest BCUT2D eigenvalue weighted by Gasteiger charge is 2.32. The monoisotopic (exact) mass is 450 g/mol. The van der Waals surface area contributed by atoms with Gasteiger partial charge in [0, 0.05) is 23.0 Å². The summed E-state index contributed by atoms with van der Waals surface area (Å²) in [5.41, 5.74) is 2.03. The molecule has 3 aromatic heterocycles. The minimum Gasteiger partial charge on any atom is -0.481 e. The van der Waals surface area contributed by atoms with Gasteiger partial charge in [-0.15, -0.1) is 0 Å². The molecule has 4 rings (SSSR count). The van der Waals surface area contributed by atoms with Crippen LogP contribution < -0.4 is 4.74 Å². The molecule has 0 bridgehead atoms. The third-order valence-corrected chi connectivity index (χ3v) is 5.50. The Labute approximate surface area is 178 Å². The van der Waals surface area contributed by atoms with E-state index in [0.29, 0.717) is 27.4 Å². The number of halogens is 4. The van der Waals surface area contributed by atoms with Gasteiger partial charge in [0.1, 0.15) is 5.69 Å². The normalized spacial score (nSPS) is 11.8. The predicted molar refractivity (Wildman–Crippen MR) is 109 cm³/mol. The smallest absolute Gasteiger partial charge is 0.433 e. The molecular formula is C20H14ClF3N4OS. The van der Waals surface area contributed by atoms with E-state index in [1.807, 2.05) is 16.7 Å². The first-order chi connectivity index (χ1) is 14.3. The molecule has 3 heterocycles. The SMILES string of the molecule is COc1ccc(-n2c(SCc3ccc(C(F)(F)F)nc3)nc3ccc(Cl)cc32)cn1. The molecule has 4 aromatic rings. The first kappa shape index (κ1) is 20.5. The van der Waals surface area contributed by atoms with Gasteiger partial charge in [-0.25, -0.2) is 9.97 Å². The third-order valence-electron chi connectivity index (χ3n) is 4.26. The van der Waals surface area contributed by atoms with E-state index < -0.39 is 11.9 Å². The number of imidazole rings is 1. The molecule has 0 aliphatic carbocycles. The lowest BCUT2D eigenvalue weighted by atomic mass is 10.3. The number of hydrogen-bond donors (Lipinski definition) is 0. The number of benzene rings is 1. The van der Waals surface area contributed by atoms with Crippen molar-refractivity contribution in [1.82, 2.24) is 19.5 Å². The number of alkyl halides is 3. The van der Waals surface area contributed by atoms with Crippen LogP contribution in [-0.4, -0.2) is 26.6 Å². The number of methoxy groups -OCH3 is 1. The molecule has 0 fully saturated rings. The summed E-state index contributed by atoms with van der Waals surface area (Å²) in [5.74, 6) is 0.873. The molecule has 0 saturated heterocycles. The number of thioether (sulfide) groups is 1. The van der Waals surface area contributed by atoms with Crippen LogP contribution in [0.5, 0.6) is 5.88 Å². The molecule has 0 spiro atoms. The Bertz CT molecular complexity index is 1180. The summed E-state index contributed by atoms with van der Waals surface area (Å²) >= 11 is 7.55. The number of fused-ring (bicyclic) bond motifs is 1. The third kappa shape index (κ3) is 4.22. The Morgan fingerprint density at radius 3 is 2.53 bits per heavy atom. The lowest BCUT2D eigenvalue weighted by molar-refractivity contribution is -0.141. The van der Waals surface area contributed by atoms with Crippen molar-refractivity contribution in [2.24, 2.45) is 0 Å². The van der Waals surface area contributed by atoms with Crippen LogP contribution in [0.4, 0.5) is 13.2 Å². The van der Waals surface area contributed by atoms with Gasteiger partial charge < -0.3 is 4.74 Å². The minimum absolute atomic E-state index is 0.395. The van der Waals surface area contributed by atoms with Crippen LogP contribution in [0.3, 0.4) is 0 Å². The summed E-state index contributed by atoms with van der Waals surface area (Å²) < 4.78 is 45.1. The van der Waals surface area contributed by atoms with Gasteiger partial charge in [0.15, 0.2) is 5.16 Å². The van der Waals surface area contributed by atoms with E-state index in [4.69, 9.17) is 16.3 Å². The fourth-order valence-corrected chi connectivity index (χ4v) is 3.95. The summed E-state index contributed by atoms with van der Waals surface area (Å²) in [6.07, 6.45) is -1.57. The highest BCUT2D eigenvalue weighted by Crippen LogP contribution is 2.32. The molecular weight excluding hydrogens is 437 g/mol. The zero-order chi connectivity index (χ0) is 21.3. The number of aromatic nitrogens is 4. The van der Waals surface area contributed by atoms with Crippen LogP contribution in [0.25, 0.3) is 16.7 Å². The van der Waals surface area contributed by atoms with E-state index in [-0.39, 0.29) is 0 Å². The average molecular weight is 451 g/mol. The Balaban J connectivity index is 1.68. The van der Waals surface area contributed by atoms with Crippen molar-refractivity contribution in [3.63, 3.8) is 0 Å². The van der Waals surface area contributed by atoms with Gasteiger partial charge in [0.25, 0.3) is 0 Å². The lowest BCUT2D eigenvalue weighted by Gasteiger charge is -2.10. The van der Waals surface area contributed by atoms with E-state index in [9.17, 15) is 13.2 Å². The van der Waals surface area contributed by atoms with Crippen molar-refractivity contribution in [1.29, 1.82) is 0 Å². The zero-order valence-electron chi connectivity index (χ0n) is 15.5. The predicted octanol–water partition coefficient (Wildman–Crippen LogP) is 5.79. The van der Waals surface area contributed by atoms with Gasteiger partial charge in [-0.3, -0.25) is 9.55 Å². The van der Waals surface area contributed by atoms with Gasteiger partial charge >= 0.3 is 6.18 Å². The van der Waals surface area contributed by atoms with Crippen molar-refractivity contribution < 1.29 is 17.9 Å². The van der Waals surface area contributed by atoms with Crippen molar-refractivity contribution >= 4 is 34.4 Å².